The Balaban J connectivity index is 0. The maximum Gasteiger partial charge on any atom is 0.404 e. The molecule has 2 atom stereocenters. The summed E-state index contributed by atoms with van der Waals surface area (Å²) in [5, 5.41) is 24.1. The molecule has 258 valence electrons. The van der Waals surface area contributed by atoms with Gasteiger partial charge in [0.2, 0.25) is 5.91 Å². The molecular weight excluding hydrogens is 606 g/mol. The highest BCUT2D eigenvalue weighted by Crippen LogP contribution is 2.06. The highest BCUT2D eigenvalue weighted by Gasteiger charge is 2.22. The molecule has 0 aromatic heterocycles. The van der Waals surface area contributed by atoms with Crippen molar-refractivity contribution in [2.75, 3.05) is 12.3 Å². The molecular formula is C29H47N7O10. The maximum atomic E-state index is 11.4. The average molecular weight is 654 g/mol. The van der Waals surface area contributed by atoms with Gasteiger partial charge in [0.25, 0.3) is 11.8 Å². The van der Waals surface area contributed by atoms with Gasteiger partial charge < -0.3 is 48.5 Å². The molecule has 2 unspecified atom stereocenters. The first-order valence-electron chi connectivity index (χ1n) is 14.3. The van der Waals surface area contributed by atoms with Gasteiger partial charge >= 0.3 is 24.1 Å². The molecule has 17 nitrogen and oxygen atoms in total. The lowest BCUT2D eigenvalue weighted by Gasteiger charge is -2.17. The number of benzene rings is 1. The second-order valence-electron chi connectivity index (χ2n) is 10.00. The van der Waals surface area contributed by atoms with E-state index in [-0.39, 0.29) is 30.2 Å². The van der Waals surface area contributed by atoms with Gasteiger partial charge in [-0.3, -0.25) is 24.5 Å². The Kier molecular flexibility index (Phi) is 23.5. The Morgan fingerprint density at radius 3 is 1.87 bits per heavy atom. The molecule has 46 heavy (non-hydrogen) atoms. The zero-order chi connectivity index (χ0) is 35.7. The lowest BCUT2D eigenvalue weighted by atomic mass is 10.0. The van der Waals surface area contributed by atoms with Crippen LogP contribution in [0.1, 0.15) is 64.9 Å². The summed E-state index contributed by atoms with van der Waals surface area (Å²) in [4.78, 5) is 72.8. The van der Waals surface area contributed by atoms with Crippen LogP contribution in [0.4, 0.5) is 15.3 Å². The number of imide groups is 1. The minimum Gasteiger partial charge on any atom is -0.480 e. The van der Waals surface area contributed by atoms with E-state index in [9.17, 15) is 33.6 Å². The van der Waals surface area contributed by atoms with Gasteiger partial charge in [0.1, 0.15) is 18.7 Å². The van der Waals surface area contributed by atoms with Crippen LogP contribution in [0.15, 0.2) is 36.4 Å². The van der Waals surface area contributed by atoms with Gasteiger partial charge in [0.15, 0.2) is 0 Å². The third kappa shape index (κ3) is 25.3. The van der Waals surface area contributed by atoms with Gasteiger partial charge in [-0.05, 0) is 42.9 Å². The van der Waals surface area contributed by atoms with Crippen LogP contribution in [0.3, 0.4) is 0 Å². The molecule has 0 bridgehead atoms. The predicted octanol–water partition coefficient (Wildman–Crippen LogP) is 0.702. The second-order valence-corrected chi connectivity index (χ2v) is 10.00. The summed E-state index contributed by atoms with van der Waals surface area (Å²) >= 11 is 0. The lowest BCUT2D eigenvalue weighted by molar-refractivity contribution is -0.143. The standard InChI is InChI=1S/C11H21NO3.C8H10N2O2.C6H13N3O3.C4H3NO2/c1-4-5-6-7-9(13)12-10(8(2)3)11(14)15;9-7-3-1-6(2-4-7)5-12-8(10)11;7-4(5(10)11)2-1-3-9-6(8)12;6-3-1-2-4(7)5-3/h8,10H,4-7H2,1-3H3,(H,12,13)(H,14,15);1-4H,5,9H2,(H2,10,11);4H,1-3,7H2,(H,10,11)(H3,8,9,12);1-2H,(H,5,6,7). The van der Waals surface area contributed by atoms with Crippen LogP contribution in [0, 0.1) is 5.92 Å². The fourth-order valence-electron chi connectivity index (χ4n) is 3.08. The third-order valence-electron chi connectivity index (χ3n) is 5.56. The number of nitrogens with two attached hydrogens (primary N) is 4. The van der Waals surface area contributed by atoms with E-state index in [0.29, 0.717) is 31.5 Å². The molecule has 2 rings (SSSR count). The van der Waals surface area contributed by atoms with Crippen LogP contribution in [-0.4, -0.2) is 70.6 Å². The van der Waals surface area contributed by atoms with E-state index in [1.165, 1.54) is 12.2 Å². The molecule has 1 aliphatic heterocycles. The number of rotatable bonds is 14. The van der Waals surface area contributed by atoms with E-state index < -0.39 is 36.1 Å². The molecule has 1 aromatic rings. The summed E-state index contributed by atoms with van der Waals surface area (Å²) in [5.74, 6) is -2.90. The number of primary amides is 2. The molecule has 0 fully saturated rings. The third-order valence-corrected chi connectivity index (χ3v) is 5.56. The number of amides is 6. The summed E-state index contributed by atoms with van der Waals surface area (Å²) in [5.41, 5.74) is 21.7. The first kappa shape index (κ1) is 42.9. The van der Waals surface area contributed by atoms with Crippen molar-refractivity contribution < 1.29 is 48.5 Å². The number of unbranched alkanes of at least 4 members (excludes halogenated alkanes) is 2. The molecule has 1 aliphatic rings. The zero-order valence-electron chi connectivity index (χ0n) is 26.3. The van der Waals surface area contributed by atoms with Crippen LogP contribution < -0.4 is 38.9 Å². The van der Waals surface area contributed by atoms with Crippen LogP contribution in [0.25, 0.3) is 0 Å². The quantitative estimate of drug-likeness (QED) is 0.0761. The number of carbonyl (C=O) groups excluding carboxylic acids is 5. The molecule has 0 saturated heterocycles. The van der Waals surface area contributed by atoms with Crippen molar-refractivity contribution in [1.29, 1.82) is 0 Å². The summed E-state index contributed by atoms with van der Waals surface area (Å²) in [6.07, 6.45) is 5.77. The Morgan fingerprint density at radius 2 is 1.48 bits per heavy atom. The number of carbonyl (C=O) groups is 7. The van der Waals surface area contributed by atoms with E-state index in [1.54, 1.807) is 38.1 Å². The van der Waals surface area contributed by atoms with Crippen LogP contribution >= 0.6 is 0 Å². The number of nitrogen functional groups attached to an aromatic ring is 1. The van der Waals surface area contributed by atoms with Crippen molar-refractivity contribution in [3.8, 4) is 0 Å². The first-order valence-corrected chi connectivity index (χ1v) is 14.3. The maximum absolute atomic E-state index is 11.4. The predicted molar refractivity (Wildman–Crippen MR) is 168 cm³/mol. The first-order chi connectivity index (χ1) is 21.5. The number of hydrogen-bond donors (Lipinski definition) is 9. The van der Waals surface area contributed by atoms with Crippen LogP contribution in [0.2, 0.25) is 0 Å². The van der Waals surface area contributed by atoms with Crippen molar-refractivity contribution in [3.63, 3.8) is 0 Å². The molecule has 1 heterocycles. The Labute approximate surface area is 267 Å². The Hall–Kier alpha value is -5.19. The number of hydrogen-bond acceptors (Lipinski definition) is 10. The molecule has 0 aliphatic carbocycles. The zero-order valence-corrected chi connectivity index (χ0v) is 26.3. The van der Waals surface area contributed by atoms with Gasteiger partial charge in [-0.2, -0.15) is 0 Å². The number of ether oxygens (including phenoxy) is 1. The number of anilines is 1. The summed E-state index contributed by atoms with van der Waals surface area (Å²) in [7, 11) is 0. The molecule has 17 heteroatoms. The normalized spacial score (nSPS) is 12.4. The van der Waals surface area contributed by atoms with Crippen molar-refractivity contribution in [2.24, 2.45) is 23.1 Å². The Morgan fingerprint density at radius 1 is 0.913 bits per heavy atom. The molecule has 0 spiro atoms. The van der Waals surface area contributed by atoms with E-state index in [1.807, 2.05) is 5.32 Å². The molecule has 1 aromatic carbocycles. The van der Waals surface area contributed by atoms with E-state index in [4.69, 9.17) is 33.1 Å². The molecule has 13 N–H and O–H groups in total. The van der Waals surface area contributed by atoms with E-state index >= 15 is 0 Å². The van der Waals surface area contributed by atoms with E-state index in [2.05, 4.69) is 22.3 Å². The summed E-state index contributed by atoms with van der Waals surface area (Å²) in [6.45, 7) is 6.17. The second kappa shape index (κ2) is 25.2. The van der Waals surface area contributed by atoms with Gasteiger partial charge in [0, 0.05) is 30.8 Å². The molecule has 6 amide bonds. The fraction of sp³-hybridized carbons (Fsp3) is 0.483. The molecule has 0 saturated carbocycles. The van der Waals surface area contributed by atoms with Crippen molar-refractivity contribution >= 4 is 47.5 Å². The van der Waals surface area contributed by atoms with Crippen molar-refractivity contribution in [2.45, 2.75) is 78.0 Å². The van der Waals surface area contributed by atoms with E-state index in [0.717, 1.165) is 24.8 Å². The van der Waals surface area contributed by atoms with Gasteiger partial charge in [-0.15, -0.1) is 0 Å². The van der Waals surface area contributed by atoms with Gasteiger partial charge in [0.05, 0.1) is 0 Å². The number of aliphatic carboxylic acids is 2. The SMILES string of the molecule is CCCCCC(=O)NC(C(=O)O)C(C)C.NC(=O)NCCCC(N)C(=O)O.NC(=O)OCc1ccc(N)cc1.O=C1C=CC(=O)N1. The van der Waals surface area contributed by atoms with Crippen LogP contribution in [0.5, 0.6) is 0 Å². The minimum absolute atomic E-state index is 0.0855. The number of nitrogens with one attached hydrogen (secondary N) is 3. The van der Waals surface area contributed by atoms with Crippen LogP contribution in [-0.2, 0) is 35.3 Å². The highest BCUT2D eigenvalue weighted by molar-refractivity contribution is 6.12. The molecule has 0 radical (unpaired) electrons. The van der Waals surface area contributed by atoms with Crippen molar-refractivity contribution in [1.82, 2.24) is 16.0 Å². The monoisotopic (exact) mass is 653 g/mol. The summed E-state index contributed by atoms with van der Waals surface area (Å²) < 4.78 is 4.57. The summed E-state index contributed by atoms with van der Waals surface area (Å²) in [6, 6.07) is 4.79. The fourth-order valence-corrected chi connectivity index (χ4v) is 3.08. The largest absolute Gasteiger partial charge is 0.480 e. The number of carboxylic acid groups (broad SMARTS) is 2. The average Bonchev–Trinajstić information content (AvgIpc) is 3.36. The highest BCUT2D eigenvalue weighted by atomic mass is 16.5. The number of carboxylic acids is 2. The number of urea groups is 1. The topological polar surface area (TPSA) is 309 Å². The van der Waals surface area contributed by atoms with Gasteiger partial charge in [-0.25, -0.2) is 14.4 Å². The van der Waals surface area contributed by atoms with Gasteiger partial charge in [-0.1, -0.05) is 45.7 Å². The van der Waals surface area contributed by atoms with Crippen molar-refractivity contribution in [3.05, 3.63) is 42.0 Å². The Bertz CT molecular complexity index is 1140. The minimum atomic E-state index is -1.03. The smallest absolute Gasteiger partial charge is 0.404 e. The lowest BCUT2D eigenvalue weighted by Crippen LogP contribution is -2.44.